The molecule has 1 rings (SSSR count). The van der Waals surface area contributed by atoms with Gasteiger partial charge in [-0.1, -0.05) is 11.6 Å². The predicted octanol–water partition coefficient (Wildman–Crippen LogP) is 1.49. The number of thioether (sulfide) groups is 1. The third-order valence-electron chi connectivity index (χ3n) is 1.66. The Labute approximate surface area is 92.1 Å². The maximum atomic E-state index is 9.16. The monoisotopic (exact) mass is 233 g/mol. The molecule has 3 nitrogen and oxygen atoms in total. The molecule has 1 unspecified atom stereocenters. The molecule has 0 radical (unpaired) electrons. The van der Waals surface area contributed by atoms with E-state index in [4.69, 9.17) is 21.8 Å². The van der Waals surface area contributed by atoms with Crippen LogP contribution >= 0.6 is 23.4 Å². The van der Waals surface area contributed by atoms with Gasteiger partial charge in [0.2, 0.25) is 0 Å². The second-order valence-electron chi connectivity index (χ2n) is 2.92. The first-order chi connectivity index (χ1) is 6.63. The van der Waals surface area contributed by atoms with Crippen molar-refractivity contribution in [3.05, 3.63) is 23.0 Å². The van der Waals surface area contributed by atoms with Crippen molar-refractivity contribution < 1.29 is 10.2 Å². The van der Waals surface area contributed by atoms with E-state index in [-0.39, 0.29) is 6.61 Å². The molecule has 0 aliphatic carbocycles. The minimum absolute atomic E-state index is 0.217. The molecule has 78 valence electrons. The smallest absolute Gasteiger partial charge is 0.130 e. The fraction of sp³-hybridized carbons (Fsp3) is 0.444. The number of hydrogen-bond acceptors (Lipinski definition) is 4. The summed E-state index contributed by atoms with van der Waals surface area (Å²) in [5.41, 5.74) is 1.02. The molecular weight excluding hydrogens is 222 g/mol. The van der Waals surface area contributed by atoms with Gasteiger partial charge in [-0.05, 0) is 18.6 Å². The molecule has 0 fully saturated rings. The molecule has 0 aliphatic heterocycles. The van der Waals surface area contributed by atoms with Crippen molar-refractivity contribution in [3.8, 4) is 0 Å². The number of rotatable bonds is 4. The number of hydrogen-bond donors (Lipinski definition) is 2. The van der Waals surface area contributed by atoms with Crippen LogP contribution in [0.25, 0.3) is 0 Å². The third-order valence-corrected chi connectivity index (χ3v) is 3.17. The molecule has 1 aromatic rings. The number of aryl methyl sites for hydroxylation is 1. The van der Waals surface area contributed by atoms with E-state index in [1.807, 2.05) is 6.92 Å². The average molecular weight is 234 g/mol. The largest absolute Gasteiger partial charge is 0.394 e. The van der Waals surface area contributed by atoms with E-state index in [1.165, 1.54) is 11.8 Å². The molecular formula is C9H12ClNO2S. The summed E-state index contributed by atoms with van der Waals surface area (Å²) in [6.07, 6.45) is 1.00. The Hall–Kier alpha value is -0.290. The predicted molar refractivity (Wildman–Crippen MR) is 57.8 cm³/mol. The van der Waals surface area contributed by atoms with Gasteiger partial charge in [0.1, 0.15) is 5.15 Å². The lowest BCUT2D eigenvalue weighted by Crippen LogP contribution is -2.14. The number of aromatic nitrogens is 1. The van der Waals surface area contributed by atoms with Crippen LogP contribution < -0.4 is 0 Å². The molecule has 0 saturated carbocycles. The fourth-order valence-corrected chi connectivity index (χ4v) is 2.05. The second kappa shape index (κ2) is 5.56. The molecule has 0 aromatic carbocycles. The van der Waals surface area contributed by atoms with Crippen LogP contribution in [0, 0.1) is 6.92 Å². The van der Waals surface area contributed by atoms with Gasteiger partial charge >= 0.3 is 0 Å². The lowest BCUT2D eigenvalue weighted by atomic mass is 10.3. The van der Waals surface area contributed by atoms with Crippen molar-refractivity contribution in [1.29, 1.82) is 0 Å². The van der Waals surface area contributed by atoms with E-state index in [1.54, 1.807) is 12.3 Å². The van der Waals surface area contributed by atoms with Gasteiger partial charge in [0.05, 0.1) is 12.7 Å². The quantitative estimate of drug-likeness (QED) is 0.611. The Balaban J connectivity index is 2.62. The summed E-state index contributed by atoms with van der Waals surface area (Å²) in [4.78, 5) is 4.91. The van der Waals surface area contributed by atoms with Crippen LogP contribution in [0.5, 0.6) is 0 Å². The molecule has 0 amide bonds. The summed E-state index contributed by atoms with van der Waals surface area (Å²) < 4.78 is 0. The zero-order chi connectivity index (χ0) is 10.6. The molecule has 2 N–H and O–H groups in total. The van der Waals surface area contributed by atoms with Crippen molar-refractivity contribution in [2.75, 3.05) is 12.4 Å². The summed E-state index contributed by atoms with van der Waals surface area (Å²) >= 11 is 7.19. The zero-order valence-electron chi connectivity index (χ0n) is 7.77. The zero-order valence-corrected chi connectivity index (χ0v) is 9.35. The third kappa shape index (κ3) is 3.46. The van der Waals surface area contributed by atoms with Crippen molar-refractivity contribution >= 4 is 23.4 Å². The SMILES string of the molecule is Cc1cnc(Cl)cc1SCC(O)CO. The van der Waals surface area contributed by atoms with Crippen LogP contribution in [0.2, 0.25) is 5.15 Å². The van der Waals surface area contributed by atoms with E-state index in [0.717, 1.165) is 10.5 Å². The van der Waals surface area contributed by atoms with Crippen molar-refractivity contribution in [1.82, 2.24) is 4.98 Å². The van der Waals surface area contributed by atoms with Crippen LogP contribution in [0.15, 0.2) is 17.2 Å². The Morgan fingerprint density at radius 2 is 2.36 bits per heavy atom. The fourth-order valence-electron chi connectivity index (χ4n) is 0.876. The van der Waals surface area contributed by atoms with Gasteiger partial charge in [-0.15, -0.1) is 11.8 Å². The molecule has 0 spiro atoms. The highest BCUT2D eigenvalue weighted by Crippen LogP contribution is 2.24. The lowest BCUT2D eigenvalue weighted by molar-refractivity contribution is 0.113. The van der Waals surface area contributed by atoms with Crippen LogP contribution in [0.3, 0.4) is 0 Å². The maximum Gasteiger partial charge on any atom is 0.130 e. The van der Waals surface area contributed by atoms with E-state index in [9.17, 15) is 0 Å². The summed E-state index contributed by atoms with van der Waals surface area (Å²) in [5, 5.41) is 18.2. The summed E-state index contributed by atoms with van der Waals surface area (Å²) in [5.74, 6) is 0.456. The Morgan fingerprint density at radius 3 is 3.00 bits per heavy atom. The standard InChI is InChI=1S/C9H12ClNO2S/c1-6-3-11-9(10)2-8(6)14-5-7(13)4-12/h2-3,7,12-13H,4-5H2,1H3. The van der Waals surface area contributed by atoms with Gasteiger partial charge in [-0.25, -0.2) is 4.98 Å². The second-order valence-corrected chi connectivity index (χ2v) is 4.37. The topological polar surface area (TPSA) is 53.4 Å². The molecule has 5 heteroatoms. The van der Waals surface area contributed by atoms with Crippen molar-refractivity contribution in [2.45, 2.75) is 17.9 Å². The minimum atomic E-state index is -0.689. The first-order valence-corrected chi connectivity index (χ1v) is 5.53. The van der Waals surface area contributed by atoms with Crippen molar-refractivity contribution in [3.63, 3.8) is 0 Å². The molecule has 0 saturated heterocycles. The van der Waals surface area contributed by atoms with Gasteiger partial charge in [0.15, 0.2) is 0 Å². The molecule has 0 aliphatic rings. The summed E-state index contributed by atoms with van der Waals surface area (Å²) in [6, 6.07) is 1.76. The van der Waals surface area contributed by atoms with Crippen LogP contribution in [-0.2, 0) is 0 Å². The van der Waals surface area contributed by atoms with Gasteiger partial charge < -0.3 is 10.2 Å². The van der Waals surface area contributed by atoms with E-state index in [0.29, 0.717) is 10.9 Å². The first kappa shape index (κ1) is 11.8. The highest BCUT2D eigenvalue weighted by molar-refractivity contribution is 7.99. The average Bonchev–Trinajstić information content (AvgIpc) is 2.19. The number of nitrogens with zero attached hydrogens (tertiary/aromatic N) is 1. The maximum absolute atomic E-state index is 9.16. The lowest BCUT2D eigenvalue weighted by Gasteiger charge is -2.08. The Kier molecular flexibility index (Phi) is 4.68. The normalized spacial score (nSPS) is 12.9. The van der Waals surface area contributed by atoms with Gasteiger partial charge in [-0.3, -0.25) is 0 Å². The van der Waals surface area contributed by atoms with E-state index >= 15 is 0 Å². The van der Waals surface area contributed by atoms with Gasteiger partial charge in [0, 0.05) is 16.8 Å². The molecule has 1 heterocycles. The number of aliphatic hydroxyl groups excluding tert-OH is 2. The summed E-state index contributed by atoms with van der Waals surface area (Å²) in [7, 11) is 0. The van der Waals surface area contributed by atoms with E-state index < -0.39 is 6.10 Å². The summed E-state index contributed by atoms with van der Waals surface area (Å²) in [6.45, 7) is 1.71. The minimum Gasteiger partial charge on any atom is -0.394 e. The number of halogens is 1. The highest BCUT2D eigenvalue weighted by Gasteiger charge is 2.05. The van der Waals surface area contributed by atoms with E-state index in [2.05, 4.69) is 4.98 Å². The Morgan fingerprint density at radius 1 is 1.64 bits per heavy atom. The van der Waals surface area contributed by atoms with Gasteiger partial charge in [-0.2, -0.15) is 0 Å². The van der Waals surface area contributed by atoms with Crippen LogP contribution in [-0.4, -0.2) is 33.7 Å². The molecule has 1 aromatic heterocycles. The highest BCUT2D eigenvalue weighted by atomic mass is 35.5. The van der Waals surface area contributed by atoms with Gasteiger partial charge in [0.25, 0.3) is 0 Å². The Bertz CT molecular complexity index is 309. The number of pyridine rings is 1. The van der Waals surface area contributed by atoms with Crippen LogP contribution in [0.4, 0.5) is 0 Å². The first-order valence-electron chi connectivity index (χ1n) is 4.17. The van der Waals surface area contributed by atoms with Crippen molar-refractivity contribution in [2.24, 2.45) is 0 Å². The molecule has 0 bridgehead atoms. The molecule has 14 heavy (non-hydrogen) atoms. The number of aliphatic hydroxyl groups is 2. The molecule has 1 atom stereocenters. The van der Waals surface area contributed by atoms with Crippen LogP contribution in [0.1, 0.15) is 5.56 Å².